The highest BCUT2D eigenvalue weighted by molar-refractivity contribution is 7.22. The van der Waals surface area contributed by atoms with Crippen molar-refractivity contribution in [3.63, 3.8) is 0 Å². The quantitative estimate of drug-likeness (QED) is 0.695. The topological polar surface area (TPSA) is 103 Å². The smallest absolute Gasteiger partial charge is 0.321 e. The maximum absolute atomic E-state index is 12.9. The molecule has 2 aromatic rings. The van der Waals surface area contributed by atoms with Gasteiger partial charge in [0, 0.05) is 44.7 Å². The van der Waals surface area contributed by atoms with Gasteiger partial charge < -0.3 is 15.1 Å². The summed E-state index contributed by atoms with van der Waals surface area (Å²) in [6.07, 6.45) is 2.01. The van der Waals surface area contributed by atoms with Crippen molar-refractivity contribution in [3.8, 4) is 0 Å². The molecule has 2 aliphatic rings. The second-order valence-electron chi connectivity index (χ2n) is 8.03. The number of anilines is 2. The van der Waals surface area contributed by atoms with E-state index in [0.29, 0.717) is 42.5 Å². The van der Waals surface area contributed by atoms with Gasteiger partial charge >= 0.3 is 6.03 Å². The molecule has 2 saturated heterocycles. The van der Waals surface area contributed by atoms with E-state index >= 15 is 0 Å². The average Bonchev–Trinajstić information content (AvgIpc) is 3.36. The lowest BCUT2D eigenvalue weighted by molar-refractivity contribution is -0.136. The van der Waals surface area contributed by atoms with Crippen molar-refractivity contribution in [1.82, 2.24) is 14.8 Å². The minimum atomic E-state index is -0.240. The Kier molecular flexibility index (Phi) is 6.40. The molecular formula is C22H27N5O4S. The summed E-state index contributed by atoms with van der Waals surface area (Å²) in [7, 11) is 0. The van der Waals surface area contributed by atoms with Crippen LogP contribution >= 0.6 is 11.3 Å². The van der Waals surface area contributed by atoms with Gasteiger partial charge in [0.1, 0.15) is 0 Å². The van der Waals surface area contributed by atoms with Gasteiger partial charge in [-0.05, 0) is 44.9 Å². The third-order valence-corrected chi connectivity index (χ3v) is 7.01. The minimum absolute atomic E-state index is 0.108. The number of urea groups is 1. The number of nitrogens with zero attached hydrogens (tertiary/aromatic N) is 4. The summed E-state index contributed by atoms with van der Waals surface area (Å²) in [5, 5.41) is 3.28. The molecule has 1 atom stereocenters. The molecule has 1 aromatic carbocycles. The first-order chi connectivity index (χ1) is 15.4. The van der Waals surface area contributed by atoms with E-state index < -0.39 is 0 Å². The largest absolute Gasteiger partial charge is 0.343 e. The number of imide groups is 1. The molecule has 9 nitrogen and oxygen atoms in total. The Morgan fingerprint density at radius 3 is 2.59 bits per heavy atom. The number of amides is 5. The summed E-state index contributed by atoms with van der Waals surface area (Å²) in [6.45, 7) is 6.29. The van der Waals surface area contributed by atoms with Crippen LogP contribution in [0.15, 0.2) is 18.2 Å². The van der Waals surface area contributed by atoms with E-state index in [1.807, 2.05) is 18.7 Å². The van der Waals surface area contributed by atoms with Gasteiger partial charge in [0.25, 0.3) is 0 Å². The fourth-order valence-electron chi connectivity index (χ4n) is 4.23. The van der Waals surface area contributed by atoms with Crippen molar-refractivity contribution < 1.29 is 19.2 Å². The fraction of sp³-hybridized carbons (Fsp3) is 0.500. The van der Waals surface area contributed by atoms with Crippen LogP contribution in [-0.4, -0.2) is 64.7 Å². The third kappa shape index (κ3) is 4.32. The van der Waals surface area contributed by atoms with Crippen molar-refractivity contribution in [3.05, 3.63) is 18.2 Å². The number of hydrogen-bond acceptors (Lipinski definition) is 6. The van der Waals surface area contributed by atoms with Gasteiger partial charge in [-0.3, -0.25) is 14.4 Å². The second-order valence-corrected chi connectivity index (χ2v) is 9.04. The molecular weight excluding hydrogens is 430 g/mol. The van der Waals surface area contributed by atoms with Crippen LogP contribution in [0.3, 0.4) is 0 Å². The van der Waals surface area contributed by atoms with Crippen LogP contribution in [0, 0.1) is 5.92 Å². The van der Waals surface area contributed by atoms with Gasteiger partial charge in [-0.15, -0.1) is 0 Å². The molecule has 3 heterocycles. The molecule has 1 N–H and O–H groups in total. The zero-order valence-electron chi connectivity index (χ0n) is 18.3. The Bertz CT molecular complexity index is 1050. The van der Waals surface area contributed by atoms with Gasteiger partial charge in [0.2, 0.25) is 17.7 Å². The average molecular weight is 458 g/mol. The minimum Gasteiger partial charge on any atom is -0.343 e. The SMILES string of the molecule is CCN(CC)C(=O)[C@@H]1CCCN(C(=O)Nc2ccc3nc(N4C(=O)CCC4=O)sc3c2)C1. The number of rotatable bonds is 5. The molecule has 0 aliphatic carbocycles. The molecule has 5 amide bonds. The van der Waals surface area contributed by atoms with Crippen LogP contribution in [0.4, 0.5) is 15.6 Å². The van der Waals surface area contributed by atoms with E-state index in [4.69, 9.17) is 0 Å². The molecule has 0 radical (unpaired) electrons. The van der Waals surface area contributed by atoms with Gasteiger partial charge in [-0.2, -0.15) is 0 Å². The number of thiazole rings is 1. The highest BCUT2D eigenvalue weighted by atomic mass is 32.1. The lowest BCUT2D eigenvalue weighted by Gasteiger charge is -2.34. The number of carbonyl (C=O) groups is 4. The van der Waals surface area contributed by atoms with E-state index in [-0.39, 0.29) is 42.5 Å². The summed E-state index contributed by atoms with van der Waals surface area (Å²) in [5.41, 5.74) is 1.27. The molecule has 0 bridgehead atoms. The standard InChI is InChI=1S/C22H27N5O4S/c1-3-25(4-2)20(30)14-6-5-11-26(13-14)21(31)23-15-7-8-16-17(12-15)32-22(24-16)27-18(28)9-10-19(27)29/h7-8,12,14H,3-6,9-11,13H2,1-2H3,(H,23,31)/t14-/m1/s1. The molecule has 0 unspecified atom stereocenters. The van der Waals surface area contributed by atoms with E-state index in [1.54, 1.807) is 23.1 Å². The zero-order chi connectivity index (χ0) is 22.8. The van der Waals surface area contributed by atoms with Gasteiger partial charge in [-0.1, -0.05) is 11.3 Å². The van der Waals surface area contributed by atoms with Crippen LogP contribution in [0.5, 0.6) is 0 Å². The number of hydrogen-bond donors (Lipinski definition) is 1. The normalized spacial score (nSPS) is 19.0. The number of nitrogens with one attached hydrogen (secondary N) is 1. The predicted molar refractivity (Wildman–Crippen MR) is 123 cm³/mol. The Balaban J connectivity index is 1.44. The summed E-state index contributed by atoms with van der Waals surface area (Å²) < 4.78 is 0.776. The van der Waals surface area contributed by atoms with Gasteiger partial charge in [0.15, 0.2) is 5.13 Å². The zero-order valence-corrected chi connectivity index (χ0v) is 19.1. The van der Waals surface area contributed by atoms with Crippen molar-refractivity contribution in [1.29, 1.82) is 0 Å². The van der Waals surface area contributed by atoms with Crippen LogP contribution in [0.2, 0.25) is 0 Å². The number of piperidine rings is 1. The Labute approximate surface area is 190 Å². The molecule has 4 rings (SSSR count). The Morgan fingerprint density at radius 2 is 1.91 bits per heavy atom. The Hall–Kier alpha value is -3.01. The Morgan fingerprint density at radius 1 is 1.19 bits per heavy atom. The maximum Gasteiger partial charge on any atom is 0.321 e. The van der Waals surface area contributed by atoms with E-state index in [0.717, 1.165) is 22.4 Å². The summed E-state index contributed by atoms with van der Waals surface area (Å²) in [4.78, 5) is 58.6. The van der Waals surface area contributed by atoms with Crippen molar-refractivity contribution >= 4 is 56.1 Å². The van der Waals surface area contributed by atoms with Crippen LogP contribution < -0.4 is 10.2 Å². The third-order valence-electron chi connectivity index (χ3n) is 6.00. The number of benzene rings is 1. The van der Waals surface area contributed by atoms with Crippen molar-refractivity contribution in [2.24, 2.45) is 5.92 Å². The number of aromatic nitrogens is 1. The van der Waals surface area contributed by atoms with Crippen LogP contribution in [-0.2, 0) is 14.4 Å². The van der Waals surface area contributed by atoms with E-state index in [1.165, 1.54) is 11.3 Å². The van der Waals surface area contributed by atoms with Crippen molar-refractivity contribution in [2.45, 2.75) is 39.5 Å². The number of carbonyl (C=O) groups excluding carboxylic acids is 4. The maximum atomic E-state index is 12.9. The fourth-order valence-corrected chi connectivity index (χ4v) is 5.27. The first kappa shape index (κ1) is 22.2. The monoisotopic (exact) mass is 457 g/mol. The molecule has 0 spiro atoms. The lowest BCUT2D eigenvalue weighted by atomic mass is 9.96. The number of likely N-dealkylation sites (tertiary alicyclic amines) is 1. The lowest BCUT2D eigenvalue weighted by Crippen LogP contribution is -2.47. The van der Waals surface area contributed by atoms with Crippen LogP contribution in [0.25, 0.3) is 10.2 Å². The molecule has 170 valence electrons. The first-order valence-corrected chi connectivity index (χ1v) is 11.8. The second kappa shape index (κ2) is 9.23. The molecule has 1 aromatic heterocycles. The molecule has 2 fully saturated rings. The predicted octanol–water partition coefficient (Wildman–Crippen LogP) is 3.06. The van der Waals surface area contributed by atoms with E-state index in [9.17, 15) is 19.2 Å². The summed E-state index contributed by atoms with van der Waals surface area (Å²) in [6, 6.07) is 5.07. The van der Waals surface area contributed by atoms with Crippen molar-refractivity contribution in [2.75, 3.05) is 36.4 Å². The molecule has 10 heteroatoms. The summed E-state index contributed by atoms with van der Waals surface area (Å²) >= 11 is 1.25. The van der Waals surface area contributed by atoms with Crippen LogP contribution in [0.1, 0.15) is 39.5 Å². The number of fused-ring (bicyclic) bond motifs is 1. The highest BCUT2D eigenvalue weighted by Gasteiger charge is 2.33. The summed E-state index contributed by atoms with van der Waals surface area (Å²) in [5.74, 6) is -0.531. The van der Waals surface area contributed by atoms with E-state index in [2.05, 4.69) is 10.3 Å². The van der Waals surface area contributed by atoms with Gasteiger partial charge in [0.05, 0.1) is 16.1 Å². The molecule has 2 aliphatic heterocycles. The molecule has 32 heavy (non-hydrogen) atoms. The highest BCUT2D eigenvalue weighted by Crippen LogP contribution is 2.33. The van der Waals surface area contributed by atoms with Gasteiger partial charge in [-0.25, -0.2) is 14.7 Å². The first-order valence-electron chi connectivity index (χ1n) is 11.0. The molecule has 0 saturated carbocycles.